The van der Waals surface area contributed by atoms with Gasteiger partial charge in [0.15, 0.2) is 5.76 Å². The van der Waals surface area contributed by atoms with E-state index in [9.17, 15) is 13.2 Å². The van der Waals surface area contributed by atoms with Gasteiger partial charge in [-0.05, 0) is 12.5 Å². The molecule has 0 bridgehead atoms. The molecule has 0 saturated carbocycles. The topological polar surface area (TPSA) is 96.8 Å². The lowest BCUT2D eigenvalue weighted by Crippen LogP contribution is -2.32. The Morgan fingerprint density at radius 3 is 2.50 bits per heavy atom. The van der Waals surface area contributed by atoms with E-state index in [1.54, 1.807) is 4.90 Å². The predicted octanol–water partition coefficient (Wildman–Crippen LogP) is 1.41. The molecule has 1 amide bonds. The van der Waals surface area contributed by atoms with E-state index in [1.807, 2.05) is 30.3 Å². The van der Waals surface area contributed by atoms with E-state index in [0.717, 1.165) is 9.87 Å². The van der Waals surface area contributed by atoms with Crippen molar-refractivity contribution in [3.8, 4) is 0 Å². The molecule has 2 aromatic rings. The lowest BCUT2D eigenvalue weighted by atomic mass is 9.95. The maximum Gasteiger partial charge on any atom is 0.289 e. The van der Waals surface area contributed by atoms with Gasteiger partial charge >= 0.3 is 0 Å². The normalized spacial score (nSPS) is 20.7. The number of carbonyl (C=O) groups is 1. The van der Waals surface area contributed by atoms with Gasteiger partial charge in [-0.3, -0.25) is 4.79 Å². The van der Waals surface area contributed by atoms with Crippen LogP contribution in [0.15, 0.2) is 45.7 Å². The average molecular weight is 377 g/mol. The van der Waals surface area contributed by atoms with Crippen molar-refractivity contribution in [3.63, 3.8) is 0 Å². The molecule has 7 nitrogen and oxygen atoms in total. The molecule has 0 aliphatic carbocycles. The summed E-state index contributed by atoms with van der Waals surface area (Å²) in [6, 6.07) is 10.9. The Kier molecular flexibility index (Phi) is 4.92. The van der Waals surface area contributed by atoms with Crippen LogP contribution in [-0.4, -0.2) is 56.8 Å². The molecule has 0 unspecified atom stereocenters. The first-order chi connectivity index (χ1) is 12.2. The molecule has 0 spiro atoms. The highest BCUT2D eigenvalue weighted by molar-refractivity contribution is 7.89. The minimum atomic E-state index is -3.66. The second-order valence-electron chi connectivity index (χ2n) is 6.71. The van der Waals surface area contributed by atoms with Crippen molar-refractivity contribution >= 4 is 15.9 Å². The number of furan rings is 1. The van der Waals surface area contributed by atoms with Crippen molar-refractivity contribution in [2.24, 2.45) is 5.73 Å². The molecule has 1 aliphatic heterocycles. The molecular formula is C18H23N3O4S. The number of hydrogen-bond acceptors (Lipinski definition) is 5. The van der Waals surface area contributed by atoms with Gasteiger partial charge < -0.3 is 15.1 Å². The molecule has 0 radical (unpaired) electrons. The zero-order valence-electron chi connectivity index (χ0n) is 15.0. The highest BCUT2D eigenvalue weighted by Gasteiger charge is 2.36. The third-order valence-corrected chi connectivity index (χ3v) is 6.64. The number of rotatable bonds is 4. The van der Waals surface area contributed by atoms with Gasteiger partial charge in [0.2, 0.25) is 10.0 Å². The highest BCUT2D eigenvalue weighted by Crippen LogP contribution is 2.29. The molecule has 1 aromatic carbocycles. The second-order valence-corrected chi connectivity index (χ2v) is 8.83. The molecule has 1 fully saturated rings. The monoisotopic (exact) mass is 377 g/mol. The van der Waals surface area contributed by atoms with Crippen LogP contribution in [0.4, 0.5) is 0 Å². The molecule has 140 valence electrons. The molecule has 2 heterocycles. The number of amides is 1. The maximum atomic E-state index is 12.8. The van der Waals surface area contributed by atoms with Crippen LogP contribution in [0, 0.1) is 6.92 Å². The molecule has 26 heavy (non-hydrogen) atoms. The molecule has 2 N–H and O–H groups in total. The van der Waals surface area contributed by atoms with Crippen molar-refractivity contribution in [1.82, 2.24) is 9.21 Å². The molecule has 2 atom stereocenters. The summed E-state index contributed by atoms with van der Waals surface area (Å²) in [4.78, 5) is 14.4. The van der Waals surface area contributed by atoms with Crippen LogP contribution >= 0.6 is 0 Å². The number of likely N-dealkylation sites (tertiary alicyclic amines) is 1. The quantitative estimate of drug-likeness (QED) is 0.869. The average Bonchev–Trinajstić information content (AvgIpc) is 3.18. The minimum Gasteiger partial charge on any atom is -0.455 e. The van der Waals surface area contributed by atoms with Gasteiger partial charge in [-0.25, -0.2) is 12.7 Å². The molecule has 1 aliphatic rings. The third kappa shape index (κ3) is 3.27. The molecule has 1 saturated heterocycles. The van der Waals surface area contributed by atoms with Crippen molar-refractivity contribution in [1.29, 1.82) is 0 Å². The lowest BCUT2D eigenvalue weighted by Gasteiger charge is -2.15. The Bertz CT molecular complexity index is 906. The summed E-state index contributed by atoms with van der Waals surface area (Å²) in [7, 11) is -0.789. The Hall–Kier alpha value is -2.16. The molecular weight excluding hydrogens is 354 g/mol. The van der Waals surface area contributed by atoms with E-state index in [1.165, 1.54) is 27.1 Å². The summed E-state index contributed by atoms with van der Waals surface area (Å²) in [5, 5.41) is 0. The maximum absolute atomic E-state index is 12.8. The van der Waals surface area contributed by atoms with Crippen LogP contribution in [0.2, 0.25) is 0 Å². The van der Waals surface area contributed by atoms with E-state index in [-0.39, 0.29) is 34.3 Å². The zero-order valence-corrected chi connectivity index (χ0v) is 15.9. The predicted molar refractivity (Wildman–Crippen MR) is 97.4 cm³/mol. The number of carbonyl (C=O) groups excluding carboxylic acids is 1. The van der Waals surface area contributed by atoms with Crippen molar-refractivity contribution < 1.29 is 17.6 Å². The summed E-state index contributed by atoms with van der Waals surface area (Å²) in [6.45, 7) is 2.41. The molecule has 1 aromatic heterocycles. The summed E-state index contributed by atoms with van der Waals surface area (Å²) < 4.78 is 31.2. The van der Waals surface area contributed by atoms with Crippen LogP contribution in [0.3, 0.4) is 0 Å². The fraction of sp³-hybridized carbons (Fsp3) is 0.389. The van der Waals surface area contributed by atoms with E-state index in [2.05, 4.69) is 0 Å². The number of hydrogen-bond donors (Lipinski definition) is 1. The summed E-state index contributed by atoms with van der Waals surface area (Å²) >= 11 is 0. The first-order valence-electron chi connectivity index (χ1n) is 8.34. The number of nitrogens with zero attached hydrogens (tertiary/aromatic N) is 2. The van der Waals surface area contributed by atoms with Crippen LogP contribution in [0.5, 0.6) is 0 Å². The summed E-state index contributed by atoms with van der Waals surface area (Å²) in [5.41, 5.74) is 7.32. The molecule has 3 rings (SSSR count). The number of aryl methyl sites for hydroxylation is 1. The van der Waals surface area contributed by atoms with Crippen LogP contribution in [0.25, 0.3) is 0 Å². The fourth-order valence-electron chi connectivity index (χ4n) is 3.23. The zero-order chi connectivity index (χ0) is 19.1. The second kappa shape index (κ2) is 6.86. The van der Waals surface area contributed by atoms with Crippen LogP contribution in [0.1, 0.15) is 27.8 Å². The standard InChI is InChI=1S/C18H23N3O4S/c1-12-17(26(23,24)20(2)3)9-16(25-12)18(22)21-10-14(15(19)11-21)13-7-5-4-6-8-13/h4-9,14-15H,10-11,19H2,1-3H3/t14-,15+/m0/s1. The van der Waals surface area contributed by atoms with Crippen molar-refractivity contribution in [2.75, 3.05) is 27.2 Å². The van der Waals surface area contributed by atoms with E-state index >= 15 is 0 Å². The van der Waals surface area contributed by atoms with Gasteiger partial charge in [0, 0.05) is 45.2 Å². The third-order valence-electron chi connectivity index (χ3n) is 4.72. The van der Waals surface area contributed by atoms with Gasteiger partial charge in [0.1, 0.15) is 10.7 Å². The van der Waals surface area contributed by atoms with Crippen molar-refractivity contribution in [3.05, 3.63) is 53.5 Å². The van der Waals surface area contributed by atoms with Gasteiger partial charge in [-0.1, -0.05) is 30.3 Å². The Morgan fingerprint density at radius 2 is 1.88 bits per heavy atom. The SMILES string of the molecule is Cc1oc(C(=O)N2C[C@@H](N)[C@H](c3ccccc3)C2)cc1S(=O)(=O)N(C)C. The van der Waals surface area contributed by atoms with E-state index < -0.39 is 10.0 Å². The first kappa shape index (κ1) is 18.6. The lowest BCUT2D eigenvalue weighted by molar-refractivity contribution is 0.0756. The van der Waals surface area contributed by atoms with Crippen LogP contribution < -0.4 is 5.73 Å². The van der Waals surface area contributed by atoms with Gasteiger partial charge in [0.25, 0.3) is 5.91 Å². The smallest absolute Gasteiger partial charge is 0.289 e. The number of sulfonamides is 1. The van der Waals surface area contributed by atoms with Gasteiger partial charge in [0.05, 0.1) is 0 Å². The highest BCUT2D eigenvalue weighted by atomic mass is 32.2. The fourth-order valence-corrected chi connectivity index (χ4v) is 4.28. The largest absolute Gasteiger partial charge is 0.455 e. The Morgan fingerprint density at radius 1 is 1.23 bits per heavy atom. The van der Waals surface area contributed by atoms with Gasteiger partial charge in [-0.15, -0.1) is 0 Å². The summed E-state index contributed by atoms with van der Waals surface area (Å²) in [5.74, 6) is -0.0858. The number of benzene rings is 1. The van der Waals surface area contributed by atoms with E-state index in [4.69, 9.17) is 10.2 Å². The molecule has 8 heteroatoms. The minimum absolute atomic E-state index is 0.00829. The van der Waals surface area contributed by atoms with E-state index in [0.29, 0.717) is 13.1 Å². The first-order valence-corrected chi connectivity index (χ1v) is 9.78. The van der Waals surface area contributed by atoms with Crippen molar-refractivity contribution in [2.45, 2.75) is 23.8 Å². The number of nitrogens with two attached hydrogens (primary N) is 1. The van der Waals surface area contributed by atoms with Crippen LogP contribution in [-0.2, 0) is 10.0 Å². The summed E-state index contributed by atoms with van der Waals surface area (Å²) in [6.07, 6.45) is 0. The Labute approximate surface area is 153 Å². The van der Waals surface area contributed by atoms with Gasteiger partial charge in [-0.2, -0.15) is 0 Å². The Balaban J connectivity index is 1.83.